The molecule has 3 aromatic rings. The minimum atomic E-state index is -0.494. The number of benzene rings is 1. The molecule has 2 bridgehead atoms. The van der Waals surface area contributed by atoms with Gasteiger partial charge in [-0.1, -0.05) is 11.6 Å². The number of piperazine rings is 1. The van der Waals surface area contributed by atoms with Crippen molar-refractivity contribution >= 4 is 34.3 Å². The molecule has 9 heteroatoms. The maximum atomic E-state index is 12.7. The van der Waals surface area contributed by atoms with Crippen LogP contribution in [-0.4, -0.2) is 61.3 Å². The molecule has 2 unspecified atom stereocenters. The van der Waals surface area contributed by atoms with E-state index in [2.05, 4.69) is 21.2 Å². The highest BCUT2D eigenvalue weighted by Crippen LogP contribution is 2.39. The maximum Gasteiger partial charge on any atom is 0.410 e. The first kappa shape index (κ1) is 20.2. The van der Waals surface area contributed by atoms with Crippen molar-refractivity contribution in [2.45, 2.75) is 51.3 Å². The summed E-state index contributed by atoms with van der Waals surface area (Å²) < 4.78 is 9.28. The number of ether oxygens (including phenoxy) is 1. The van der Waals surface area contributed by atoms with Gasteiger partial charge in [-0.25, -0.2) is 9.48 Å². The van der Waals surface area contributed by atoms with E-state index in [0.717, 1.165) is 41.7 Å². The van der Waals surface area contributed by atoms with Crippen molar-refractivity contribution in [2.75, 3.05) is 18.0 Å². The summed E-state index contributed by atoms with van der Waals surface area (Å²) in [6.07, 6.45) is 7.33. The van der Waals surface area contributed by atoms with Crippen LogP contribution < -0.4 is 4.90 Å². The minimum Gasteiger partial charge on any atom is -0.444 e. The lowest BCUT2D eigenvalue weighted by molar-refractivity contribution is 0.000893. The van der Waals surface area contributed by atoms with Crippen LogP contribution in [0.1, 0.15) is 33.6 Å². The number of fused-ring (bicyclic) bond motifs is 4. The molecule has 3 aliphatic rings. The van der Waals surface area contributed by atoms with E-state index in [0.29, 0.717) is 11.6 Å². The molecular weight excluding hydrogens is 416 g/mol. The zero-order valence-electron chi connectivity index (χ0n) is 18.2. The van der Waals surface area contributed by atoms with Crippen molar-refractivity contribution in [3.8, 4) is 5.69 Å². The number of carbonyl (C=O) groups is 1. The third-order valence-electron chi connectivity index (χ3n) is 6.04. The standard InChI is InChI=1S/C22H27ClN6O2/c1-22(2,3)31-21(30)28-13-15-5-6-16(28)12-27(15)20-8-19-14(7-18(20)23)9-25-29(19)17-10-24-26(4)11-17/h7-11,15-16H,5-6,12-13H2,1-4H3. The quantitative estimate of drug-likeness (QED) is 0.600. The second-order valence-corrected chi connectivity index (χ2v) is 9.87. The molecule has 2 atom stereocenters. The van der Waals surface area contributed by atoms with E-state index in [1.54, 1.807) is 10.9 Å². The predicted molar refractivity (Wildman–Crippen MR) is 120 cm³/mol. The number of aryl methyl sites for hydroxylation is 1. The van der Waals surface area contributed by atoms with Gasteiger partial charge in [0.2, 0.25) is 0 Å². The molecule has 3 fully saturated rings. The van der Waals surface area contributed by atoms with Crippen molar-refractivity contribution in [2.24, 2.45) is 7.05 Å². The predicted octanol–water partition coefficient (Wildman–Crippen LogP) is 4.00. The molecule has 0 N–H and O–H groups in total. The van der Waals surface area contributed by atoms with Gasteiger partial charge >= 0.3 is 6.09 Å². The minimum absolute atomic E-state index is 0.120. The largest absolute Gasteiger partial charge is 0.444 e. The summed E-state index contributed by atoms with van der Waals surface area (Å²) in [4.78, 5) is 16.9. The number of piperidine rings is 2. The third-order valence-corrected chi connectivity index (χ3v) is 6.34. The number of hydrogen-bond donors (Lipinski definition) is 0. The topological polar surface area (TPSA) is 68.4 Å². The van der Waals surface area contributed by atoms with Crippen LogP contribution in [0, 0.1) is 0 Å². The molecule has 8 nitrogen and oxygen atoms in total. The first-order chi connectivity index (χ1) is 14.7. The summed E-state index contributed by atoms with van der Waals surface area (Å²) in [5.41, 5.74) is 2.38. The van der Waals surface area contributed by atoms with Crippen LogP contribution in [0.5, 0.6) is 0 Å². The number of hydrogen-bond acceptors (Lipinski definition) is 5. The van der Waals surface area contributed by atoms with Gasteiger partial charge in [-0.3, -0.25) is 4.68 Å². The summed E-state index contributed by atoms with van der Waals surface area (Å²) in [6.45, 7) is 7.10. The van der Waals surface area contributed by atoms with E-state index < -0.39 is 5.60 Å². The highest BCUT2D eigenvalue weighted by atomic mass is 35.5. The van der Waals surface area contributed by atoms with E-state index in [1.165, 1.54) is 0 Å². The highest BCUT2D eigenvalue weighted by Gasteiger charge is 2.43. The van der Waals surface area contributed by atoms with Crippen LogP contribution in [0.3, 0.4) is 0 Å². The first-order valence-corrected chi connectivity index (χ1v) is 11.0. The molecule has 2 aromatic heterocycles. The fraction of sp³-hybridized carbons (Fsp3) is 0.500. The summed E-state index contributed by atoms with van der Waals surface area (Å²) in [5.74, 6) is 0. The van der Waals surface area contributed by atoms with Crippen LogP contribution >= 0.6 is 11.6 Å². The SMILES string of the molecule is Cn1cc(-n2ncc3cc(Cl)c(N4CC5CCC4CN5C(=O)OC(C)(C)C)cc32)cn1. The van der Waals surface area contributed by atoms with Gasteiger partial charge in [-0.05, 0) is 45.7 Å². The Morgan fingerprint density at radius 2 is 1.90 bits per heavy atom. The Hall–Kier alpha value is -2.74. The van der Waals surface area contributed by atoms with Crippen molar-refractivity contribution in [3.63, 3.8) is 0 Å². The molecule has 5 heterocycles. The van der Waals surface area contributed by atoms with E-state index in [9.17, 15) is 4.79 Å². The lowest BCUT2D eigenvalue weighted by atomic mass is 9.90. The van der Waals surface area contributed by atoms with E-state index in [1.807, 2.05) is 55.9 Å². The van der Waals surface area contributed by atoms with Crippen molar-refractivity contribution in [1.82, 2.24) is 24.5 Å². The van der Waals surface area contributed by atoms with Crippen LogP contribution in [0.15, 0.2) is 30.7 Å². The third kappa shape index (κ3) is 3.63. The monoisotopic (exact) mass is 442 g/mol. The second kappa shape index (κ2) is 7.15. The molecule has 1 amide bonds. The molecule has 1 aromatic carbocycles. The second-order valence-electron chi connectivity index (χ2n) is 9.46. The Bertz CT molecular complexity index is 1150. The smallest absolute Gasteiger partial charge is 0.410 e. The number of amides is 1. The first-order valence-electron chi connectivity index (χ1n) is 10.6. The van der Waals surface area contributed by atoms with Gasteiger partial charge in [0, 0.05) is 31.6 Å². The Morgan fingerprint density at radius 1 is 1.13 bits per heavy atom. The van der Waals surface area contributed by atoms with Crippen molar-refractivity contribution in [3.05, 3.63) is 35.7 Å². The van der Waals surface area contributed by atoms with Gasteiger partial charge in [-0.2, -0.15) is 10.2 Å². The van der Waals surface area contributed by atoms with Gasteiger partial charge in [0.25, 0.3) is 0 Å². The van der Waals surface area contributed by atoms with E-state index in [-0.39, 0.29) is 18.2 Å². The molecule has 31 heavy (non-hydrogen) atoms. The maximum absolute atomic E-state index is 12.7. The molecule has 0 aliphatic carbocycles. The van der Waals surface area contributed by atoms with E-state index in [4.69, 9.17) is 16.3 Å². The number of carbonyl (C=O) groups excluding carboxylic acids is 1. The van der Waals surface area contributed by atoms with Crippen LogP contribution in [-0.2, 0) is 11.8 Å². The lowest BCUT2D eigenvalue weighted by Gasteiger charge is -2.52. The Balaban J connectivity index is 1.45. The molecule has 0 radical (unpaired) electrons. The summed E-state index contributed by atoms with van der Waals surface area (Å²) >= 11 is 6.72. The summed E-state index contributed by atoms with van der Waals surface area (Å²) in [7, 11) is 1.89. The van der Waals surface area contributed by atoms with Gasteiger partial charge in [0.05, 0.1) is 40.9 Å². The van der Waals surface area contributed by atoms with Crippen molar-refractivity contribution < 1.29 is 9.53 Å². The van der Waals surface area contributed by atoms with Gasteiger partial charge in [0.1, 0.15) is 11.3 Å². The molecule has 3 saturated heterocycles. The fourth-order valence-electron chi connectivity index (χ4n) is 4.65. The number of halogens is 1. The van der Waals surface area contributed by atoms with Gasteiger partial charge in [0.15, 0.2) is 0 Å². The van der Waals surface area contributed by atoms with Crippen molar-refractivity contribution in [1.29, 1.82) is 0 Å². The van der Waals surface area contributed by atoms with Crippen LogP contribution in [0.2, 0.25) is 5.02 Å². The van der Waals surface area contributed by atoms with Crippen LogP contribution in [0.4, 0.5) is 10.5 Å². The fourth-order valence-corrected chi connectivity index (χ4v) is 4.93. The number of anilines is 1. The lowest BCUT2D eigenvalue weighted by Crippen LogP contribution is -2.64. The normalized spacial score (nSPS) is 21.2. The highest BCUT2D eigenvalue weighted by molar-refractivity contribution is 6.34. The Labute approximate surface area is 186 Å². The zero-order valence-corrected chi connectivity index (χ0v) is 19.0. The Morgan fingerprint density at radius 3 is 2.55 bits per heavy atom. The van der Waals surface area contributed by atoms with Gasteiger partial charge in [-0.15, -0.1) is 0 Å². The molecule has 164 valence electrons. The van der Waals surface area contributed by atoms with E-state index >= 15 is 0 Å². The molecular formula is C22H27ClN6O2. The molecule has 6 rings (SSSR count). The molecule has 0 saturated carbocycles. The van der Waals surface area contributed by atoms with Gasteiger partial charge < -0.3 is 14.5 Å². The summed E-state index contributed by atoms with van der Waals surface area (Å²) in [5, 5.41) is 10.5. The zero-order chi connectivity index (χ0) is 21.9. The summed E-state index contributed by atoms with van der Waals surface area (Å²) in [6, 6.07) is 4.41. The number of aromatic nitrogens is 4. The number of nitrogens with zero attached hydrogens (tertiary/aromatic N) is 6. The average Bonchev–Trinajstić information content (AvgIpc) is 3.31. The molecule has 3 aliphatic heterocycles. The molecule has 0 spiro atoms. The average molecular weight is 443 g/mol. The number of rotatable bonds is 2. The Kier molecular flexibility index (Phi) is 4.66. The van der Waals surface area contributed by atoms with Crippen LogP contribution in [0.25, 0.3) is 16.6 Å².